The monoisotopic (exact) mass is 374 g/mol. The van der Waals surface area contributed by atoms with Crippen LogP contribution in [0.15, 0.2) is 41.6 Å². The van der Waals surface area contributed by atoms with Crippen LogP contribution in [0.1, 0.15) is 5.56 Å². The van der Waals surface area contributed by atoms with Crippen LogP contribution < -0.4 is 0 Å². The molecule has 2 rings (SSSR count). The van der Waals surface area contributed by atoms with Crippen molar-refractivity contribution in [2.45, 2.75) is 11.6 Å². The lowest BCUT2D eigenvalue weighted by Gasteiger charge is -2.17. The average Bonchev–Trinajstić information content (AvgIpc) is 2.50. The molecule has 0 bridgehead atoms. The first kappa shape index (κ1) is 17.4. The maximum absolute atomic E-state index is 12.2. The fourth-order valence-corrected chi connectivity index (χ4v) is 3.15. The summed E-state index contributed by atoms with van der Waals surface area (Å²) in [6, 6.07) is 8.84. The number of benzene rings is 1. The minimum absolute atomic E-state index is 0.0159. The average molecular weight is 376 g/mol. The molecule has 1 aromatic carbocycles. The normalized spacial score (nSPS) is 10.5. The van der Waals surface area contributed by atoms with Gasteiger partial charge in [0.05, 0.1) is 20.8 Å². The van der Waals surface area contributed by atoms with E-state index in [0.29, 0.717) is 26.6 Å². The molecule has 1 heterocycles. The van der Waals surface area contributed by atoms with Crippen LogP contribution in [0, 0.1) is 0 Å². The highest BCUT2D eigenvalue weighted by molar-refractivity contribution is 8.00. The zero-order chi connectivity index (χ0) is 16.1. The third kappa shape index (κ3) is 4.78. The van der Waals surface area contributed by atoms with E-state index in [1.807, 2.05) is 6.07 Å². The van der Waals surface area contributed by atoms with Gasteiger partial charge in [0, 0.05) is 19.8 Å². The number of carbonyl (C=O) groups excluding carboxylic acids is 1. The summed E-state index contributed by atoms with van der Waals surface area (Å²) in [7, 11) is 1.74. The smallest absolute Gasteiger partial charge is 0.233 e. The van der Waals surface area contributed by atoms with Crippen LogP contribution in [-0.2, 0) is 11.3 Å². The van der Waals surface area contributed by atoms with Crippen LogP contribution in [0.3, 0.4) is 0 Å². The van der Waals surface area contributed by atoms with Gasteiger partial charge in [-0.05, 0) is 29.8 Å². The van der Waals surface area contributed by atoms with E-state index in [1.165, 1.54) is 11.8 Å². The van der Waals surface area contributed by atoms with Gasteiger partial charge in [-0.1, -0.05) is 52.6 Å². The molecule has 3 nitrogen and oxygen atoms in total. The Labute approximate surface area is 148 Å². The minimum Gasteiger partial charge on any atom is -0.341 e. The van der Waals surface area contributed by atoms with Crippen LogP contribution >= 0.6 is 46.6 Å². The number of carbonyl (C=O) groups is 1. The van der Waals surface area contributed by atoms with E-state index >= 15 is 0 Å². The molecule has 0 saturated carbocycles. The van der Waals surface area contributed by atoms with Gasteiger partial charge in [0.25, 0.3) is 0 Å². The molecule has 0 atom stereocenters. The Kier molecular flexibility index (Phi) is 6.38. The maximum Gasteiger partial charge on any atom is 0.233 e. The number of rotatable bonds is 5. The summed E-state index contributed by atoms with van der Waals surface area (Å²) in [4.78, 5) is 17.9. The second-order valence-corrected chi connectivity index (χ2v) is 6.76. The van der Waals surface area contributed by atoms with Gasteiger partial charge in [0.2, 0.25) is 5.91 Å². The van der Waals surface area contributed by atoms with Crippen molar-refractivity contribution < 1.29 is 4.79 Å². The van der Waals surface area contributed by atoms with Gasteiger partial charge < -0.3 is 4.90 Å². The van der Waals surface area contributed by atoms with Crippen LogP contribution in [0.2, 0.25) is 15.1 Å². The van der Waals surface area contributed by atoms with Crippen molar-refractivity contribution >= 4 is 52.5 Å². The number of amides is 1. The fourth-order valence-electron chi connectivity index (χ4n) is 1.72. The van der Waals surface area contributed by atoms with Crippen molar-refractivity contribution in [3.05, 3.63) is 57.2 Å². The number of nitrogens with zero attached hydrogens (tertiary/aromatic N) is 2. The summed E-state index contributed by atoms with van der Waals surface area (Å²) in [5.41, 5.74) is 0.922. The van der Waals surface area contributed by atoms with Gasteiger partial charge in [-0.25, -0.2) is 4.98 Å². The van der Waals surface area contributed by atoms with Gasteiger partial charge in [-0.3, -0.25) is 4.79 Å². The van der Waals surface area contributed by atoms with Crippen molar-refractivity contribution in [1.29, 1.82) is 0 Å². The lowest BCUT2D eigenvalue weighted by atomic mass is 10.2. The highest BCUT2D eigenvalue weighted by Crippen LogP contribution is 2.25. The van der Waals surface area contributed by atoms with Crippen molar-refractivity contribution in [2.24, 2.45) is 0 Å². The summed E-state index contributed by atoms with van der Waals surface area (Å²) in [5.74, 6) is 0.256. The number of thioether (sulfide) groups is 1. The largest absolute Gasteiger partial charge is 0.341 e. The van der Waals surface area contributed by atoms with E-state index in [-0.39, 0.29) is 11.7 Å². The second kappa shape index (κ2) is 8.06. The van der Waals surface area contributed by atoms with Gasteiger partial charge in [-0.15, -0.1) is 0 Å². The second-order valence-electron chi connectivity index (χ2n) is 4.58. The van der Waals surface area contributed by atoms with Crippen molar-refractivity contribution in [2.75, 3.05) is 12.8 Å². The first-order chi connectivity index (χ1) is 10.5. The molecule has 0 N–H and O–H groups in total. The zero-order valence-electron chi connectivity index (χ0n) is 11.7. The first-order valence-electron chi connectivity index (χ1n) is 6.38. The zero-order valence-corrected chi connectivity index (χ0v) is 14.8. The van der Waals surface area contributed by atoms with Crippen LogP contribution in [0.5, 0.6) is 0 Å². The third-order valence-electron chi connectivity index (χ3n) is 2.89. The molecule has 0 aliphatic carbocycles. The Morgan fingerprint density at radius 1 is 1.18 bits per heavy atom. The molecule has 116 valence electrons. The Hall–Kier alpha value is -0.940. The maximum atomic E-state index is 12.2. The molecule has 0 aliphatic rings. The molecule has 0 radical (unpaired) electrons. The summed E-state index contributed by atoms with van der Waals surface area (Å²) in [5, 5.41) is 2.18. The van der Waals surface area contributed by atoms with Crippen LogP contribution in [-0.4, -0.2) is 28.6 Å². The number of hydrogen-bond donors (Lipinski definition) is 0. The summed E-state index contributed by atoms with van der Waals surface area (Å²) in [6.07, 6.45) is 1.65. The van der Waals surface area contributed by atoms with Crippen molar-refractivity contribution in [1.82, 2.24) is 9.88 Å². The topological polar surface area (TPSA) is 33.2 Å². The molecule has 22 heavy (non-hydrogen) atoms. The highest BCUT2D eigenvalue weighted by Gasteiger charge is 2.12. The van der Waals surface area contributed by atoms with Gasteiger partial charge in [-0.2, -0.15) is 0 Å². The molecule has 1 amide bonds. The third-order valence-corrected chi connectivity index (χ3v) is 5.03. The van der Waals surface area contributed by atoms with E-state index in [1.54, 1.807) is 42.4 Å². The number of halogens is 3. The van der Waals surface area contributed by atoms with Crippen molar-refractivity contribution in [3.63, 3.8) is 0 Å². The van der Waals surface area contributed by atoms with E-state index in [0.717, 1.165) is 5.56 Å². The quantitative estimate of drug-likeness (QED) is 0.704. The van der Waals surface area contributed by atoms with Gasteiger partial charge in [0.1, 0.15) is 5.03 Å². The van der Waals surface area contributed by atoms with E-state index in [2.05, 4.69) is 4.98 Å². The molecule has 0 aliphatic heterocycles. The number of pyridine rings is 1. The van der Waals surface area contributed by atoms with E-state index in [4.69, 9.17) is 34.8 Å². The first-order valence-corrected chi connectivity index (χ1v) is 8.50. The molecule has 0 saturated heterocycles. The lowest BCUT2D eigenvalue weighted by molar-refractivity contribution is -0.127. The number of hydrogen-bond acceptors (Lipinski definition) is 3. The minimum atomic E-state index is -0.0159. The molecule has 2 aromatic rings. The molecule has 0 fully saturated rings. The molecule has 0 spiro atoms. The Balaban J connectivity index is 1.92. The van der Waals surface area contributed by atoms with Crippen LogP contribution in [0.4, 0.5) is 0 Å². The standard InChI is InChI=1S/C15H13Cl3N2OS/c1-20(8-10-4-5-11(16)13(18)7-10)14(21)9-22-15-12(17)3-2-6-19-15/h2-7H,8-9H2,1H3. The Morgan fingerprint density at radius 3 is 2.64 bits per heavy atom. The highest BCUT2D eigenvalue weighted by atomic mass is 35.5. The molecule has 1 aromatic heterocycles. The fraction of sp³-hybridized carbons (Fsp3) is 0.200. The lowest BCUT2D eigenvalue weighted by Crippen LogP contribution is -2.27. The SMILES string of the molecule is CN(Cc1ccc(Cl)c(Cl)c1)C(=O)CSc1ncccc1Cl. The summed E-state index contributed by atoms with van der Waals surface area (Å²) >= 11 is 19.2. The predicted molar refractivity (Wildman–Crippen MR) is 92.9 cm³/mol. The van der Waals surface area contributed by atoms with Gasteiger partial charge in [0.15, 0.2) is 0 Å². The van der Waals surface area contributed by atoms with E-state index < -0.39 is 0 Å². The summed E-state index contributed by atoms with van der Waals surface area (Å²) < 4.78 is 0. The van der Waals surface area contributed by atoms with Crippen molar-refractivity contribution in [3.8, 4) is 0 Å². The number of aromatic nitrogens is 1. The molecular weight excluding hydrogens is 363 g/mol. The molecule has 0 unspecified atom stereocenters. The Bertz CT molecular complexity index is 682. The Morgan fingerprint density at radius 2 is 1.95 bits per heavy atom. The predicted octanol–water partition coefficient (Wildman–Crippen LogP) is 4.79. The summed E-state index contributed by atoms with van der Waals surface area (Å²) in [6.45, 7) is 0.465. The van der Waals surface area contributed by atoms with Crippen LogP contribution in [0.25, 0.3) is 0 Å². The van der Waals surface area contributed by atoms with Gasteiger partial charge >= 0.3 is 0 Å². The molecular formula is C15H13Cl3N2OS. The van der Waals surface area contributed by atoms with E-state index in [9.17, 15) is 4.79 Å². The molecule has 7 heteroatoms.